The van der Waals surface area contributed by atoms with Crippen molar-refractivity contribution in [3.63, 3.8) is 0 Å². The third kappa shape index (κ3) is 10.9. The van der Waals surface area contributed by atoms with Gasteiger partial charge in [-0.3, -0.25) is 9.59 Å². The van der Waals surface area contributed by atoms with E-state index in [2.05, 4.69) is 22.4 Å². The molecule has 1 N–H and O–H groups in total. The number of rotatable bonds is 9. The van der Waals surface area contributed by atoms with E-state index in [0.29, 0.717) is 13.0 Å². The van der Waals surface area contributed by atoms with Crippen molar-refractivity contribution < 1.29 is 42.8 Å². The number of hydrogen-bond acceptors (Lipinski definition) is 10. The molecule has 0 aliphatic carbocycles. The first-order chi connectivity index (χ1) is 20.8. The highest BCUT2D eigenvalue weighted by molar-refractivity contribution is 5.98. The number of benzene rings is 2. The van der Waals surface area contributed by atoms with Gasteiger partial charge in [0.1, 0.15) is 5.75 Å². The maximum Gasteiger partial charge on any atom is 0.331 e. The molecule has 1 fully saturated rings. The zero-order chi connectivity index (χ0) is 31.0. The molecule has 1 amide bonds. The SMILES string of the molecule is COc1ccccc1.COc1ccnc(C(=O)N[C@H]2COCC(Cc3ccccc3)CC(C)OC2=O)c1OCOC(C)=O. The van der Waals surface area contributed by atoms with Gasteiger partial charge in [-0.1, -0.05) is 48.5 Å². The monoisotopic (exact) mass is 594 g/mol. The highest BCUT2D eigenvalue weighted by Gasteiger charge is 2.30. The molecular weight excluding hydrogens is 556 g/mol. The summed E-state index contributed by atoms with van der Waals surface area (Å²) in [4.78, 5) is 40.9. The lowest BCUT2D eigenvalue weighted by Crippen LogP contribution is -2.45. The second kappa shape index (κ2) is 17.3. The zero-order valence-corrected chi connectivity index (χ0v) is 24.8. The van der Waals surface area contributed by atoms with Crippen LogP contribution in [0.1, 0.15) is 36.3 Å². The summed E-state index contributed by atoms with van der Waals surface area (Å²) < 4.78 is 31.8. The molecule has 0 saturated carbocycles. The van der Waals surface area contributed by atoms with E-state index in [1.165, 1.54) is 31.9 Å². The molecule has 1 aromatic heterocycles. The number of methoxy groups -OCH3 is 2. The van der Waals surface area contributed by atoms with Crippen molar-refractivity contribution in [2.24, 2.45) is 5.92 Å². The molecule has 11 heteroatoms. The molecule has 43 heavy (non-hydrogen) atoms. The second-order valence-electron chi connectivity index (χ2n) is 9.71. The number of para-hydroxylation sites is 1. The summed E-state index contributed by atoms with van der Waals surface area (Å²) in [5, 5.41) is 2.61. The minimum Gasteiger partial charge on any atom is -0.497 e. The van der Waals surface area contributed by atoms with E-state index >= 15 is 0 Å². The lowest BCUT2D eigenvalue weighted by molar-refractivity contribution is -0.151. The number of cyclic esters (lactones) is 1. The number of hydrogen-bond donors (Lipinski definition) is 1. The molecule has 230 valence electrons. The molecule has 1 saturated heterocycles. The molecule has 2 unspecified atom stereocenters. The Balaban J connectivity index is 0.000000546. The van der Waals surface area contributed by atoms with Gasteiger partial charge in [0.2, 0.25) is 6.79 Å². The lowest BCUT2D eigenvalue weighted by atomic mass is 9.95. The smallest absolute Gasteiger partial charge is 0.331 e. The van der Waals surface area contributed by atoms with Crippen LogP contribution in [0.15, 0.2) is 72.9 Å². The maximum atomic E-state index is 13.0. The Kier molecular flexibility index (Phi) is 13.3. The largest absolute Gasteiger partial charge is 0.497 e. The van der Waals surface area contributed by atoms with Gasteiger partial charge in [-0.2, -0.15) is 0 Å². The van der Waals surface area contributed by atoms with Crippen LogP contribution in [-0.2, 0) is 30.2 Å². The third-order valence-electron chi connectivity index (χ3n) is 6.33. The quantitative estimate of drug-likeness (QED) is 0.287. The molecule has 11 nitrogen and oxygen atoms in total. The fourth-order valence-corrected chi connectivity index (χ4v) is 4.32. The molecular formula is C32H38N2O9. The predicted octanol–water partition coefficient (Wildman–Crippen LogP) is 3.99. The minimum atomic E-state index is -1.05. The van der Waals surface area contributed by atoms with Gasteiger partial charge in [-0.25, -0.2) is 9.78 Å². The third-order valence-corrected chi connectivity index (χ3v) is 6.33. The summed E-state index contributed by atoms with van der Waals surface area (Å²) >= 11 is 0. The Labute approximate surface area is 251 Å². The highest BCUT2D eigenvalue weighted by atomic mass is 16.7. The highest BCUT2D eigenvalue weighted by Crippen LogP contribution is 2.29. The Hall–Kier alpha value is -4.64. The molecule has 3 atom stereocenters. The van der Waals surface area contributed by atoms with Gasteiger partial charge in [-0.15, -0.1) is 0 Å². The fourth-order valence-electron chi connectivity index (χ4n) is 4.32. The van der Waals surface area contributed by atoms with Crippen LogP contribution < -0.4 is 19.5 Å². The first-order valence-electron chi connectivity index (χ1n) is 13.8. The van der Waals surface area contributed by atoms with E-state index in [1.54, 1.807) is 7.11 Å². The number of carbonyl (C=O) groups excluding carboxylic acids is 3. The van der Waals surface area contributed by atoms with Crippen LogP contribution in [0.4, 0.5) is 0 Å². The fraction of sp³-hybridized carbons (Fsp3) is 0.375. The van der Waals surface area contributed by atoms with E-state index in [4.69, 9.17) is 28.4 Å². The Bertz CT molecular complexity index is 1300. The summed E-state index contributed by atoms with van der Waals surface area (Å²) in [6, 6.07) is 20.2. The lowest BCUT2D eigenvalue weighted by Gasteiger charge is -2.20. The Morgan fingerprint density at radius 1 is 0.977 bits per heavy atom. The normalized spacial score (nSPS) is 18.2. The molecule has 2 heterocycles. The average Bonchev–Trinajstić information content (AvgIpc) is 3.07. The van der Waals surface area contributed by atoms with E-state index in [9.17, 15) is 14.4 Å². The van der Waals surface area contributed by atoms with Crippen LogP contribution in [0.2, 0.25) is 0 Å². The number of nitrogens with zero attached hydrogens (tertiary/aromatic N) is 1. The number of carbonyl (C=O) groups is 3. The summed E-state index contributed by atoms with van der Waals surface area (Å²) in [7, 11) is 3.06. The molecule has 2 aromatic carbocycles. The van der Waals surface area contributed by atoms with Crippen LogP contribution in [-0.4, -0.2) is 69.2 Å². The van der Waals surface area contributed by atoms with Gasteiger partial charge in [0.25, 0.3) is 5.91 Å². The van der Waals surface area contributed by atoms with Crippen LogP contribution in [0, 0.1) is 5.92 Å². The van der Waals surface area contributed by atoms with Crippen LogP contribution in [0.25, 0.3) is 0 Å². The summed E-state index contributed by atoms with van der Waals surface area (Å²) in [6.07, 6.45) is 2.43. The van der Waals surface area contributed by atoms with Crippen LogP contribution in [0.5, 0.6) is 17.2 Å². The topological polar surface area (TPSA) is 132 Å². The van der Waals surface area contributed by atoms with E-state index in [0.717, 1.165) is 12.2 Å². The van der Waals surface area contributed by atoms with E-state index in [1.807, 2.05) is 55.5 Å². The molecule has 0 radical (unpaired) electrons. The van der Waals surface area contributed by atoms with E-state index in [-0.39, 0.29) is 35.8 Å². The van der Waals surface area contributed by atoms with Crippen molar-refractivity contribution in [1.29, 1.82) is 0 Å². The average molecular weight is 595 g/mol. The first kappa shape index (κ1) is 32.9. The van der Waals surface area contributed by atoms with Crippen molar-refractivity contribution in [3.05, 3.63) is 84.2 Å². The van der Waals surface area contributed by atoms with Crippen molar-refractivity contribution in [1.82, 2.24) is 10.3 Å². The van der Waals surface area contributed by atoms with Gasteiger partial charge < -0.3 is 33.7 Å². The second-order valence-corrected chi connectivity index (χ2v) is 9.71. The van der Waals surface area contributed by atoms with Crippen molar-refractivity contribution >= 4 is 17.8 Å². The first-order valence-corrected chi connectivity index (χ1v) is 13.8. The number of aromatic nitrogens is 1. The molecule has 3 aromatic rings. The van der Waals surface area contributed by atoms with Gasteiger partial charge in [-0.05, 0) is 43.4 Å². The number of nitrogens with one attached hydrogen (secondary N) is 1. The summed E-state index contributed by atoms with van der Waals surface area (Å²) in [5.74, 6) is -0.602. The Morgan fingerprint density at radius 3 is 2.30 bits per heavy atom. The zero-order valence-electron chi connectivity index (χ0n) is 24.8. The molecule has 0 bridgehead atoms. The van der Waals surface area contributed by atoms with Crippen LogP contribution in [0.3, 0.4) is 0 Å². The van der Waals surface area contributed by atoms with Crippen molar-refractivity contribution in [2.45, 2.75) is 38.8 Å². The number of pyridine rings is 1. The summed E-state index contributed by atoms with van der Waals surface area (Å²) in [6.45, 7) is 2.97. The standard InChI is InChI=1S/C25H30N2O8.C7H8O/c1-16-11-19(12-18-7-5-4-6-8-18)13-32-14-20(25(30)35-16)27-24(29)22-23(34-15-33-17(2)28)21(31-3)9-10-26-22;1-8-7-5-3-2-4-6-7/h4-10,16,19-20H,11-15H2,1-3H3,(H,27,29);2-6H,1H3/t16?,19?,20-;/m0./s1. The Morgan fingerprint density at radius 2 is 1.67 bits per heavy atom. The number of amides is 1. The molecule has 0 spiro atoms. The number of ether oxygens (including phenoxy) is 6. The van der Waals surface area contributed by atoms with Gasteiger partial charge in [0, 0.05) is 25.8 Å². The minimum absolute atomic E-state index is 0.0256. The molecule has 1 aliphatic rings. The van der Waals surface area contributed by atoms with Crippen molar-refractivity contribution in [3.8, 4) is 17.2 Å². The van der Waals surface area contributed by atoms with Crippen LogP contribution >= 0.6 is 0 Å². The molecule has 4 rings (SSSR count). The predicted molar refractivity (Wildman–Crippen MR) is 157 cm³/mol. The summed E-state index contributed by atoms with van der Waals surface area (Å²) in [5.41, 5.74) is 1.04. The number of esters is 2. The van der Waals surface area contributed by atoms with E-state index < -0.39 is 30.7 Å². The maximum absolute atomic E-state index is 13.0. The van der Waals surface area contributed by atoms with Gasteiger partial charge >= 0.3 is 11.9 Å². The van der Waals surface area contributed by atoms with Crippen molar-refractivity contribution in [2.75, 3.05) is 34.2 Å². The molecule has 1 aliphatic heterocycles. The van der Waals surface area contributed by atoms with Gasteiger partial charge in [0.05, 0.1) is 26.9 Å². The van der Waals surface area contributed by atoms with Gasteiger partial charge in [0.15, 0.2) is 23.2 Å².